The van der Waals surface area contributed by atoms with Crippen LogP contribution in [-0.2, 0) is 4.79 Å². The van der Waals surface area contributed by atoms with Crippen molar-refractivity contribution in [3.63, 3.8) is 0 Å². The Bertz CT molecular complexity index is 509. The third-order valence-corrected chi connectivity index (χ3v) is 2.80. The highest BCUT2D eigenvalue weighted by Crippen LogP contribution is 2.15. The van der Waals surface area contributed by atoms with Gasteiger partial charge in [0, 0.05) is 12.6 Å². The van der Waals surface area contributed by atoms with Gasteiger partial charge < -0.3 is 10.6 Å². The number of imide groups is 1. The third-order valence-electron chi connectivity index (χ3n) is 2.80. The number of amides is 3. The lowest BCUT2D eigenvalue weighted by Crippen LogP contribution is -2.43. The van der Waals surface area contributed by atoms with Crippen molar-refractivity contribution < 1.29 is 18.4 Å². The molecule has 0 unspecified atom stereocenters. The van der Waals surface area contributed by atoms with Crippen molar-refractivity contribution in [3.05, 3.63) is 35.4 Å². The summed E-state index contributed by atoms with van der Waals surface area (Å²) in [6.07, 6.45) is 0.771. The summed E-state index contributed by atoms with van der Waals surface area (Å²) in [7, 11) is 0. The van der Waals surface area contributed by atoms with E-state index in [0.29, 0.717) is 12.1 Å². The van der Waals surface area contributed by atoms with Gasteiger partial charge in [-0.2, -0.15) is 0 Å². The normalized spacial score (nSPS) is 11.8. The van der Waals surface area contributed by atoms with Crippen molar-refractivity contribution in [2.45, 2.75) is 26.3 Å². The summed E-state index contributed by atoms with van der Waals surface area (Å²) < 4.78 is 25.9. The van der Waals surface area contributed by atoms with E-state index in [4.69, 9.17) is 0 Å². The van der Waals surface area contributed by atoms with Gasteiger partial charge in [0.15, 0.2) is 11.6 Å². The van der Waals surface area contributed by atoms with Crippen LogP contribution in [0.15, 0.2) is 18.2 Å². The zero-order valence-electron chi connectivity index (χ0n) is 12.0. The molecule has 5 nitrogen and oxygen atoms in total. The van der Waals surface area contributed by atoms with Gasteiger partial charge in [-0.25, -0.2) is 13.6 Å². The topological polar surface area (TPSA) is 70.2 Å². The van der Waals surface area contributed by atoms with E-state index >= 15 is 0 Å². The molecule has 0 saturated carbocycles. The van der Waals surface area contributed by atoms with Crippen molar-refractivity contribution in [1.82, 2.24) is 16.0 Å². The molecule has 1 rings (SSSR count). The molecule has 1 aromatic rings. The van der Waals surface area contributed by atoms with Crippen LogP contribution in [0.4, 0.5) is 13.6 Å². The van der Waals surface area contributed by atoms with Crippen LogP contribution in [0.5, 0.6) is 0 Å². The van der Waals surface area contributed by atoms with Gasteiger partial charge >= 0.3 is 6.03 Å². The van der Waals surface area contributed by atoms with Crippen LogP contribution < -0.4 is 16.0 Å². The summed E-state index contributed by atoms with van der Waals surface area (Å²) in [5, 5.41) is 7.49. The molecule has 0 fully saturated rings. The first-order chi connectivity index (χ1) is 9.93. The molecular formula is C14H19F2N3O2. The molecule has 0 heterocycles. The monoisotopic (exact) mass is 299 g/mol. The SMILES string of the molecule is CCCNC(=O)NC(=O)CN[C@@H](C)c1ccc(F)c(F)c1. The maximum atomic E-state index is 13.1. The first-order valence-electron chi connectivity index (χ1n) is 6.70. The summed E-state index contributed by atoms with van der Waals surface area (Å²) >= 11 is 0. The van der Waals surface area contributed by atoms with Crippen molar-refractivity contribution in [2.75, 3.05) is 13.1 Å². The Morgan fingerprint density at radius 1 is 1.24 bits per heavy atom. The fraction of sp³-hybridized carbons (Fsp3) is 0.429. The van der Waals surface area contributed by atoms with Crippen LogP contribution in [0, 0.1) is 11.6 Å². The highest BCUT2D eigenvalue weighted by Gasteiger charge is 2.12. The second-order valence-electron chi connectivity index (χ2n) is 4.58. The highest BCUT2D eigenvalue weighted by molar-refractivity contribution is 5.95. The Morgan fingerprint density at radius 2 is 1.95 bits per heavy atom. The zero-order chi connectivity index (χ0) is 15.8. The van der Waals surface area contributed by atoms with E-state index in [1.165, 1.54) is 6.07 Å². The van der Waals surface area contributed by atoms with E-state index in [-0.39, 0.29) is 12.6 Å². The summed E-state index contributed by atoms with van der Waals surface area (Å²) in [6, 6.07) is 2.62. The van der Waals surface area contributed by atoms with Crippen molar-refractivity contribution in [2.24, 2.45) is 0 Å². The number of carbonyl (C=O) groups excluding carboxylic acids is 2. The fourth-order valence-electron chi connectivity index (χ4n) is 1.60. The number of rotatable bonds is 6. The average Bonchev–Trinajstić information content (AvgIpc) is 2.45. The number of carbonyl (C=O) groups is 2. The molecule has 7 heteroatoms. The molecule has 0 aromatic heterocycles. The van der Waals surface area contributed by atoms with E-state index in [0.717, 1.165) is 18.6 Å². The van der Waals surface area contributed by atoms with Crippen LogP contribution in [0.1, 0.15) is 31.9 Å². The van der Waals surface area contributed by atoms with E-state index < -0.39 is 23.6 Å². The minimum Gasteiger partial charge on any atom is -0.338 e. The molecule has 0 radical (unpaired) electrons. The largest absolute Gasteiger partial charge is 0.338 e. The Kier molecular flexibility index (Phi) is 6.74. The molecule has 0 spiro atoms. The molecule has 0 aliphatic heterocycles. The van der Waals surface area contributed by atoms with Gasteiger partial charge in [0.25, 0.3) is 0 Å². The first-order valence-corrected chi connectivity index (χ1v) is 6.70. The summed E-state index contributed by atoms with van der Waals surface area (Å²) in [5.41, 5.74) is 0.511. The lowest BCUT2D eigenvalue weighted by molar-refractivity contribution is -0.119. The minimum absolute atomic E-state index is 0.111. The van der Waals surface area contributed by atoms with Crippen molar-refractivity contribution in [3.8, 4) is 0 Å². The van der Waals surface area contributed by atoms with E-state index in [9.17, 15) is 18.4 Å². The van der Waals surface area contributed by atoms with Gasteiger partial charge in [-0.15, -0.1) is 0 Å². The number of hydrogen-bond donors (Lipinski definition) is 3. The average molecular weight is 299 g/mol. The van der Waals surface area contributed by atoms with Crippen molar-refractivity contribution >= 4 is 11.9 Å². The van der Waals surface area contributed by atoms with Gasteiger partial charge in [-0.1, -0.05) is 13.0 Å². The lowest BCUT2D eigenvalue weighted by atomic mass is 10.1. The predicted octanol–water partition coefficient (Wildman–Crippen LogP) is 1.85. The summed E-state index contributed by atoms with van der Waals surface area (Å²) in [4.78, 5) is 22.8. The van der Waals surface area contributed by atoms with Crippen LogP contribution in [0.2, 0.25) is 0 Å². The molecule has 21 heavy (non-hydrogen) atoms. The van der Waals surface area contributed by atoms with Gasteiger partial charge in [-0.3, -0.25) is 10.1 Å². The molecular weight excluding hydrogens is 280 g/mol. The van der Waals surface area contributed by atoms with Crippen LogP contribution in [-0.4, -0.2) is 25.0 Å². The Balaban J connectivity index is 2.41. The summed E-state index contributed by atoms with van der Waals surface area (Å²) in [6.45, 7) is 3.97. The molecule has 1 atom stereocenters. The van der Waals surface area contributed by atoms with Gasteiger partial charge in [-0.05, 0) is 31.0 Å². The molecule has 1 aromatic carbocycles. The van der Waals surface area contributed by atoms with Gasteiger partial charge in [0.1, 0.15) is 0 Å². The van der Waals surface area contributed by atoms with Crippen LogP contribution >= 0.6 is 0 Å². The fourth-order valence-corrected chi connectivity index (χ4v) is 1.60. The molecule has 0 aliphatic carbocycles. The number of benzene rings is 1. The van der Waals surface area contributed by atoms with Crippen LogP contribution in [0.25, 0.3) is 0 Å². The molecule has 3 amide bonds. The third kappa shape index (κ3) is 5.86. The Hall–Kier alpha value is -2.02. The second kappa shape index (κ2) is 8.31. The highest BCUT2D eigenvalue weighted by atomic mass is 19.2. The lowest BCUT2D eigenvalue weighted by Gasteiger charge is -2.14. The molecule has 0 saturated heterocycles. The quantitative estimate of drug-likeness (QED) is 0.751. The number of urea groups is 1. The smallest absolute Gasteiger partial charge is 0.321 e. The molecule has 3 N–H and O–H groups in total. The summed E-state index contributed by atoms with van der Waals surface area (Å²) in [5.74, 6) is -2.36. The van der Waals surface area contributed by atoms with E-state index in [1.807, 2.05) is 6.92 Å². The first kappa shape index (κ1) is 17.0. The minimum atomic E-state index is -0.940. The molecule has 0 bridgehead atoms. The maximum Gasteiger partial charge on any atom is 0.321 e. The number of halogens is 2. The van der Waals surface area contributed by atoms with E-state index in [2.05, 4.69) is 16.0 Å². The van der Waals surface area contributed by atoms with Crippen LogP contribution in [0.3, 0.4) is 0 Å². The predicted molar refractivity (Wildman–Crippen MR) is 74.6 cm³/mol. The number of nitrogens with one attached hydrogen (secondary N) is 3. The maximum absolute atomic E-state index is 13.1. The Morgan fingerprint density at radius 3 is 2.57 bits per heavy atom. The Labute approximate surface area is 122 Å². The standard InChI is InChI=1S/C14H19F2N3O2/c1-3-6-17-14(21)19-13(20)8-18-9(2)10-4-5-11(15)12(16)7-10/h4-5,7,9,18H,3,6,8H2,1-2H3,(H2,17,19,20,21)/t9-/m0/s1. The van der Waals surface area contributed by atoms with Gasteiger partial charge in [0.05, 0.1) is 6.54 Å². The second-order valence-corrected chi connectivity index (χ2v) is 4.58. The zero-order valence-corrected chi connectivity index (χ0v) is 12.0. The molecule has 116 valence electrons. The number of hydrogen-bond acceptors (Lipinski definition) is 3. The van der Waals surface area contributed by atoms with E-state index in [1.54, 1.807) is 6.92 Å². The van der Waals surface area contributed by atoms with Gasteiger partial charge in [0.2, 0.25) is 5.91 Å². The molecule has 0 aliphatic rings. The van der Waals surface area contributed by atoms with Crippen molar-refractivity contribution in [1.29, 1.82) is 0 Å².